The molecule has 0 bridgehead atoms. The van der Waals surface area contributed by atoms with Gasteiger partial charge >= 0.3 is 0 Å². The molecule has 0 amide bonds. The molecule has 2 atom stereocenters. The van der Waals surface area contributed by atoms with Crippen molar-refractivity contribution in [3.05, 3.63) is 24.0 Å². The summed E-state index contributed by atoms with van der Waals surface area (Å²) in [6.07, 6.45) is 11.6. The van der Waals surface area contributed by atoms with E-state index >= 15 is 0 Å². The van der Waals surface area contributed by atoms with Crippen LogP contribution in [0.3, 0.4) is 0 Å². The minimum atomic E-state index is 0.212. The fourth-order valence-corrected chi connectivity index (χ4v) is 3.68. The molecule has 3 heteroatoms. The van der Waals surface area contributed by atoms with E-state index in [1.807, 2.05) is 12.3 Å². The van der Waals surface area contributed by atoms with Gasteiger partial charge in [0.25, 0.3) is 0 Å². The zero-order valence-corrected chi connectivity index (χ0v) is 12.6. The Balaban J connectivity index is 1.57. The van der Waals surface area contributed by atoms with E-state index in [1.165, 1.54) is 32.1 Å². The zero-order valence-electron chi connectivity index (χ0n) is 12.6. The van der Waals surface area contributed by atoms with Crippen molar-refractivity contribution in [2.75, 3.05) is 6.61 Å². The van der Waals surface area contributed by atoms with E-state index in [2.05, 4.69) is 17.1 Å². The van der Waals surface area contributed by atoms with Gasteiger partial charge in [-0.05, 0) is 44.1 Å². The molecular formula is C18H24N2O. The molecule has 0 spiro atoms. The molecule has 3 nitrogen and oxygen atoms in total. The van der Waals surface area contributed by atoms with E-state index in [4.69, 9.17) is 10.00 Å². The molecule has 2 fully saturated rings. The number of pyridine rings is 1. The van der Waals surface area contributed by atoms with Gasteiger partial charge in [-0.15, -0.1) is 0 Å². The zero-order chi connectivity index (χ0) is 14.5. The number of ether oxygens (including phenoxy) is 1. The van der Waals surface area contributed by atoms with Gasteiger partial charge in [-0.1, -0.05) is 19.3 Å². The highest BCUT2D eigenvalue weighted by Crippen LogP contribution is 2.37. The Labute approximate surface area is 127 Å². The number of hydrogen-bond acceptors (Lipinski definition) is 3. The second-order valence-electron chi connectivity index (χ2n) is 6.57. The molecule has 2 unspecified atom stereocenters. The standard InChI is InChI=1S/C18H24N2O/c19-12-15-6-7-16(10-15)18-11-17(8-9-20-18)21-13-14-4-2-1-3-5-14/h8-9,11,14-16H,1-7,10,13H2. The highest BCUT2D eigenvalue weighted by atomic mass is 16.5. The number of nitriles is 1. The summed E-state index contributed by atoms with van der Waals surface area (Å²) in [5, 5.41) is 9.02. The summed E-state index contributed by atoms with van der Waals surface area (Å²) in [4.78, 5) is 4.50. The van der Waals surface area contributed by atoms with Gasteiger partial charge in [0.15, 0.2) is 0 Å². The number of aromatic nitrogens is 1. The van der Waals surface area contributed by atoms with Gasteiger partial charge in [-0.2, -0.15) is 5.26 Å². The van der Waals surface area contributed by atoms with Crippen molar-refractivity contribution < 1.29 is 4.74 Å². The molecule has 2 saturated carbocycles. The molecule has 1 aromatic rings. The van der Waals surface area contributed by atoms with E-state index in [-0.39, 0.29) is 5.92 Å². The van der Waals surface area contributed by atoms with Crippen molar-refractivity contribution in [2.24, 2.45) is 11.8 Å². The predicted octanol–water partition coefficient (Wildman–Crippen LogP) is 4.45. The second kappa shape index (κ2) is 6.93. The van der Waals surface area contributed by atoms with E-state index in [0.29, 0.717) is 5.92 Å². The van der Waals surface area contributed by atoms with E-state index in [9.17, 15) is 0 Å². The summed E-state index contributed by atoms with van der Waals surface area (Å²) < 4.78 is 5.99. The summed E-state index contributed by atoms with van der Waals surface area (Å²) in [6, 6.07) is 6.44. The largest absolute Gasteiger partial charge is 0.493 e. The van der Waals surface area contributed by atoms with Crippen molar-refractivity contribution in [3.63, 3.8) is 0 Å². The summed E-state index contributed by atoms with van der Waals surface area (Å²) in [6.45, 7) is 0.842. The summed E-state index contributed by atoms with van der Waals surface area (Å²) >= 11 is 0. The third-order valence-corrected chi connectivity index (χ3v) is 5.00. The van der Waals surface area contributed by atoms with E-state index in [1.54, 1.807) is 0 Å². The third kappa shape index (κ3) is 3.75. The molecule has 3 rings (SSSR count). The lowest BCUT2D eigenvalue weighted by molar-refractivity contribution is 0.208. The SMILES string of the molecule is N#CC1CCC(c2cc(OCC3CCCCC3)ccn2)C1. The van der Waals surface area contributed by atoms with Gasteiger partial charge < -0.3 is 4.74 Å². The average molecular weight is 284 g/mol. The molecule has 0 aliphatic heterocycles. The Morgan fingerprint density at radius 3 is 2.81 bits per heavy atom. The van der Waals surface area contributed by atoms with Crippen LogP contribution < -0.4 is 4.74 Å². The normalized spacial score (nSPS) is 26.4. The van der Waals surface area contributed by atoms with Gasteiger partial charge in [0.05, 0.1) is 12.7 Å². The predicted molar refractivity (Wildman–Crippen MR) is 82.0 cm³/mol. The maximum atomic E-state index is 9.02. The van der Waals surface area contributed by atoms with Gasteiger partial charge in [0.2, 0.25) is 0 Å². The smallest absolute Gasteiger partial charge is 0.122 e. The fourth-order valence-electron chi connectivity index (χ4n) is 3.68. The van der Waals surface area contributed by atoms with Crippen molar-refractivity contribution in [3.8, 4) is 11.8 Å². The van der Waals surface area contributed by atoms with Gasteiger partial charge in [-0.3, -0.25) is 4.98 Å². The van der Waals surface area contributed by atoms with Crippen LogP contribution in [0.2, 0.25) is 0 Å². The Morgan fingerprint density at radius 2 is 2.05 bits per heavy atom. The lowest BCUT2D eigenvalue weighted by Crippen LogP contribution is -2.15. The molecule has 2 aliphatic carbocycles. The highest BCUT2D eigenvalue weighted by molar-refractivity contribution is 5.25. The van der Waals surface area contributed by atoms with Crippen LogP contribution in [0.15, 0.2) is 18.3 Å². The van der Waals surface area contributed by atoms with Gasteiger partial charge in [0, 0.05) is 29.8 Å². The summed E-state index contributed by atoms with van der Waals surface area (Å²) in [5.74, 6) is 2.33. The van der Waals surface area contributed by atoms with Crippen molar-refractivity contribution in [1.29, 1.82) is 5.26 Å². The first-order valence-electron chi connectivity index (χ1n) is 8.33. The molecule has 21 heavy (non-hydrogen) atoms. The van der Waals surface area contributed by atoms with Crippen LogP contribution >= 0.6 is 0 Å². The Kier molecular flexibility index (Phi) is 4.75. The quantitative estimate of drug-likeness (QED) is 0.820. The maximum Gasteiger partial charge on any atom is 0.122 e. The summed E-state index contributed by atoms with van der Waals surface area (Å²) in [5.41, 5.74) is 1.11. The first-order chi connectivity index (χ1) is 10.3. The van der Waals surface area contributed by atoms with Crippen LogP contribution in [0.5, 0.6) is 5.75 Å². The number of rotatable bonds is 4. The van der Waals surface area contributed by atoms with Crippen molar-refractivity contribution in [2.45, 2.75) is 57.3 Å². The lowest BCUT2D eigenvalue weighted by Gasteiger charge is -2.21. The minimum absolute atomic E-state index is 0.212. The highest BCUT2D eigenvalue weighted by Gasteiger charge is 2.26. The molecule has 0 radical (unpaired) electrons. The van der Waals surface area contributed by atoms with Crippen LogP contribution in [0.1, 0.15) is 63.0 Å². The third-order valence-electron chi connectivity index (χ3n) is 5.00. The molecule has 0 aromatic carbocycles. The Hall–Kier alpha value is -1.56. The topological polar surface area (TPSA) is 45.9 Å². The first-order valence-corrected chi connectivity index (χ1v) is 8.33. The van der Waals surface area contributed by atoms with E-state index < -0.39 is 0 Å². The fraction of sp³-hybridized carbons (Fsp3) is 0.667. The van der Waals surface area contributed by atoms with Crippen molar-refractivity contribution in [1.82, 2.24) is 4.98 Å². The molecule has 1 heterocycles. The molecule has 2 aliphatic rings. The van der Waals surface area contributed by atoms with Crippen LogP contribution in [-0.4, -0.2) is 11.6 Å². The van der Waals surface area contributed by atoms with Crippen LogP contribution in [-0.2, 0) is 0 Å². The first kappa shape index (κ1) is 14.4. The van der Waals surface area contributed by atoms with Crippen LogP contribution in [0.25, 0.3) is 0 Å². The van der Waals surface area contributed by atoms with Gasteiger partial charge in [0.1, 0.15) is 5.75 Å². The van der Waals surface area contributed by atoms with Crippen LogP contribution in [0.4, 0.5) is 0 Å². The van der Waals surface area contributed by atoms with Gasteiger partial charge in [-0.25, -0.2) is 0 Å². The molecule has 1 aromatic heterocycles. The number of hydrogen-bond donors (Lipinski definition) is 0. The molecule has 0 N–H and O–H groups in total. The maximum absolute atomic E-state index is 9.02. The molecular weight excluding hydrogens is 260 g/mol. The minimum Gasteiger partial charge on any atom is -0.493 e. The summed E-state index contributed by atoms with van der Waals surface area (Å²) in [7, 11) is 0. The molecule has 112 valence electrons. The van der Waals surface area contributed by atoms with E-state index in [0.717, 1.165) is 43.2 Å². The van der Waals surface area contributed by atoms with Crippen molar-refractivity contribution >= 4 is 0 Å². The van der Waals surface area contributed by atoms with Crippen LogP contribution in [0, 0.1) is 23.2 Å². The molecule has 0 saturated heterocycles. The average Bonchev–Trinajstić information content (AvgIpc) is 3.03. The monoisotopic (exact) mass is 284 g/mol. The Bertz CT molecular complexity index is 502. The second-order valence-corrected chi connectivity index (χ2v) is 6.57. The Morgan fingerprint density at radius 1 is 1.19 bits per heavy atom. The lowest BCUT2D eigenvalue weighted by atomic mass is 9.90. The number of nitrogens with zero attached hydrogens (tertiary/aromatic N) is 2.